The molecular formula is C9H15N5O3. The average Bonchev–Trinajstić information content (AvgIpc) is 2.23. The van der Waals surface area contributed by atoms with Crippen LogP contribution in [0.15, 0.2) is 6.33 Å². The van der Waals surface area contributed by atoms with E-state index in [0.717, 1.165) is 0 Å². The van der Waals surface area contributed by atoms with Crippen LogP contribution in [0.25, 0.3) is 0 Å². The van der Waals surface area contributed by atoms with Crippen molar-refractivity contribution >= 4 is 17.3 Å². The SMILES string of the molecule is CC(C)OCCNc1ncnc(N)c1[N+](=O)[O-]. The zero-order chi connectivity index (χ0) is 12.8. The molecule has 1 aromatic rings. The first kappa shape index (κ1) is 13.1. The summed E-state index contributed by atoms with van der Waals surface area (Å²) in [6.07, 6.45) is 1.29. The minimum absolute atomic E-state index is 0.106. The van der Waals surface area contributed by atoms with Gasteiger partial charge in [-0.25, -0.2) is 9.97 Å². The van der Waals surface area contributed by atoms with Crippen molar-refractivity contribution in [3.63, 3.8) is 0 Å². The van der Waals surface area contributed by atoms with E-state index < -0.39 is 4.92 Å². The highest BCUT2D eigenvalue weighted by Crippen LogP contribution is 2.25. The lowest BCUT2D eigenvalue weighted by molar-refractivity contribution is -0.383. The van der Waals surface area contributed by atoms with Crippen LogP contribution in [0.1, 0.15) is 13.8 Å². The molecule has 0 saturated heterocycles. The van der Waals surface area contributed by atoms with Crippen molar-refractivity contribution in [2.75, 3.05) is 24.2 Å². The first-order chi connectivity index (χ1) is 8.02. The van der Waals surface area contributed by atoms with Gasteiger partial charge in [0.1, 0.15) is 6.33 Å². The molecule has 1 rings (SSSR count). The van der Waals surface area contributed by atoms with Crippen molar-refractivity contribution in [2.24, 2.45) is 0 Å². The van der Waals surface area contributed by atoms with E-state index in [1.165, 1.54) is 6.33 Å². The molecule has 8 nitrogen and oxygen atoms in total. The van der Waals surface area contributed by atoms with E-state index in [0.29, 0.717) is 13.2 Å². The Labute approximate surface area is 98.4 Å². The Balaban J connectivity index is 2.64. The smallest absolute Gasteiger partial charge is 0.352 e. The summed E-state index contributed by atoms with van der Waals surface area (Å²) in [6.45, 7) is 4.66. The Morgan fingerprint density at radius 3 is 2.88 bits per heavy atom. The lowest BCUT2D eigenvalue weighted by Crippen LogP contribution is -2.15. The molecule has 0 radical (unpaired) electrons. The number of aromatic nitrogens is 2. The number of ether oxygens (including phenoxy) is 1. The Bertz CT molecular complexity index is 396. The largest absolute Gasteiger partial charge is 0.378 e. The van der Waals surface area contributed by atoms with Gasteiger partial charge in [0.15, 0.2) is 0 Å². The summed E-state index contributed by atoms with van der Waals surface area (Å²) in [7, 11) is 0. The van der Waals surface area contributed by atoms with Gasteiger partial charge in [0, 0.05) is 6.54 Å². The summed E-state index contributed by atoms with van der Waals surface area (Å²) in [5.74, 6) is -0.0489. The molecule has 94 valence electrons. The molecule has 0 aromatic carbocycles. The summed E-state index contributed by atoms with van der Waals surface area (Å²) in [5.41, 5.74) is 5.10. The highest BCUT2D eigenvalue weighted by atomic mass is 16.6. The minimum atomic E-state index is -0.610. The quantitative estimate of drug-likeness (QED) is 0.430. The van der Waals surface area contributed by atoms with Crippen LogP contribution in [-0.4, -0.2) is 34.1 Å². The van der Waals surface area contributed by atoms with Gasteiger partial charge in [0.05, 0.1) is 17.6 Å². The minimum Gasteiger partial charge on any atom is -0.378 e. The fourth-order valence-electron chi connectivity index (χ4n) is 1.17. The van der Waals surface area contributed by atoms with Gasteiger partial charge < -0.3 is 15.8 Å². The van der Waals surface area contributed by atoms with E-state index in [1.807, 2.05) is 13.8 Å². The van der Waals surface area contributed by atoms with E-state index in [9.17, 15) is 10.1 Å². The molecule has 0 unspecified atom stereocenters. The van der Waals surface area contributed by atoms with Crippen LogP contribution in [-0.2, 0) is 4.74 Å². The molecule has 1 heterocycles. The number of nitrogen functional groups attached to an aromatic ring is 1. The molecule has 17 heavy (non-hydrogen) atoms. The van der Waals surface area contributed by atoms with Crippen LogP contribution < -0.4 is 11.1 Å². The third-order valence-electron chi connectivity index (χ3n) is 1.88. The maximum atomic E-state index is 10.8. The van der Waals surface area contributed by atoms with Crippen LogP contribution in [0.2, 0.25) is 0 Å². The zero-order valence-electron chi connectivity index (χ0n) is 9.71. The number of rotatable bonds is 6. The van der Waals surface area contributed by atoms with E-state index in [4.69, 9.17) is 10.5 Å². The molecule has 0 aliphatic carbocycles. The Morgan fingerprint density at radius 1 is 1.59 bits per heavy atom. The van der Waals surface area contributed by atoms with Crippen molar-refractivity contribution < 1.29 is 9.66 Å². The number of nitro groups is 1. The summed E-state index contributed by atoms with van der Waals surface area (Å²) >= 11 is 0. The monoisotopic (exact) mass is 241 g/mol. The summed E-state index contributed by atoms with van der Waals surface area (Å²) in [6, 6.07) is 0. The maximum Gasteiger partial charge on any atom is 0.352 e. The molecular weight excluding hydrogens is 226 g/mol. The first-order valence-corrected chi connectivity index (χ1v) is 5.12. The topological polar surface area (TPSA) is 116 Å². The number of nitrogens with zero attached hydrogens (tertiary/aromatic N) is 3. The number of anilines is 2. The molecule has 8 heteroatoms. The number of hydrogen-bond acceptors (Lipinski definition) is 7. The normalized spacial score (nSPS) is 10.5. The highest BCUT2D eigenvalue weighted by Gasteiger charge is 2.20. The van der Waals surface area contributed by atoms with Crippen molar-refractivity contribution in [2.45, 2.75) is 20.0 Å². The van der Waals surface area contributed by atoms with E-state index in [-0.39, 0.29) is 23.4 Å². The summed E-state index contributed by atoms with van der Waals surface area (Å²) < 4.78 is 5.29. The molecule has 1 aromatic heterocycles. The number of nitrogens with one attached hydrogen (secondary N) is 1. The van der Waals surface area contributed by atoms with Gasteiger partial charge >= 0.3 is 5.69 Å². The second-order valence-electron chi connectivity index (χ2n) is 3.56. The molecule has 0 aliphatic heterocycles. The van der Waals surface area contributed by atoms with Crippen molar-refractivity contribution in [1.82, 2.24) is 9.97 Å². The van der Waals surface area contributed by atoms with Crippen molar-refractivity contribution in [1.29, 1.82) is 0 Å². The fraction of sp³-hybridized carbons (Fsp3) is 0.556. The molecule has 0 aliphatic rings. The molecule has 3 N–H and O–H groups in total. The van der Waals surface area contributed by atoms with E-state index in [2.05, 4.69) is 15.3 Å². The lowest BCUT2D eigenvalue weighted by Gasteiger charge is -2.09. The molecule has 0 saturated carbocycles. The lowest BCUT2D eigenvalue weighted by atomic mass is 10.4. The van der Waals surface area contributed by atoms with Gasteiger partial charge in [-0.1, -0.05) is 0 Å². The molecule has 0 fully saturated rings. The highest BCUT2D eigenvalue weighted by molar-refractivity contribution is 5.67. The molecule has 0 atom stereocenters. The van der Waals surface area contributed by atoms with Crippen LogP contribution in [0.3, 0.4) is 0 Å². The standard InChI is InChI=1S/C9H15N5O3/c1-6(2)17-4-3-11-9-7(14(15)16)8(10)12-5-13-9/h5-6H,3-4H2,1-2H3,(H3,10,11,12,13). The van der Waals surface area contributed by atoms with Crippen LogP contribution in [0, 0.1) is 10.1 Å². The van der Waals surface area contributed by atoms with Gasteiger partial charge in [-0.05, 0) is 13.8 Å². The van der Waals surface area contributed by atoms with E-state index >= 15 is 0 Å². The molecule has 0 bridgehead atoms. The number of hydrogen-bond donors (Lipinski definition) is 2. The Hall–Kier alpha value is -1.96. The third kappa shape index (κ3) is 3.83. The Kier molecular flexibility index (Phi) is 4.58. The van der Waals surface area contributed by atoms with Crippen LogP contribution in [0.5, 0.6) is 0 Å². The van der Waals surface area contributed by atoms with Crippen LogP contribution in [0.4, 0.5) is 17.3 Å². The van der Waals surface area contributed by atoms with Crippen molar-refractivity contribution in [3.05, 3.63) is 16.4 Å². The third-order valence-corrected chi connectivity index (χ3v) is 1.88. The first-order valence-electron chi connectivity index (χ1n) is 5.12. The second kappa shape index (κ2) is 5.94. The van der Waals surface area contributed by atoms with Gasteiger partial charge in [0.2, 0.25) is 11.6 Å². The Morgan fingerprint density at radius 2 is 2.29 bits per heavy atom. The average molecular weight is 241 g/mol. The van der Waals surface area contributed by atoms with Crippen molar-refractivity contribution in [3.8, 4) is 0 Å². The zero-order valence-corrected chi connectivity index (χ0v) is 9.71. The summed E-state index contributed by atoms with van der Waals surface area (Å²) in [5, 5.41) is 13.6. The number of nitrogens with two attached hydrogens (primary N) is 1. The van der Waals surface area contributed by atoms with Gasteiger partial charge in [0.25, 0.3) is 0 Å². The van der Waals surface area contributed by atoms with Gasteiger partial charge in [-0.2, -0.15) is 0 Å². The molecule has 0 amide bonds. The maximum absolute atomic E-state index is 10.8. The van der Waals surface area contributed by atoms with Crippen LogP contribution >= 0.6 is 0 Å². The van der Waals surface area contributed by atoms with Gasteiger partial charge in [-0.15, -0.1) is 0 Å². The second-order valence-corrected chi connectivity index (χ2v) is 3.56. The summed E-state index contributed by atoms with van der Waals surface area (Å²) in [4.78, 5) is 17.5. The van der Waals surface area contributed by atoms with Gasteiger partial charge in [-0.3, -0.25) is 10.1 Å². The van der Waals surface area contributed by atoms with E-state index in [1.54, 1.807) is 0 Å². The fourth-order valence-corrected chi connectivity index (χ4v) is 1.17. The predicted molar refractivity (Wildman–Crippen MR) is 62.7 cm³/mol. The molecule has 0 spiro atoms. The predicted octanol–water partition coefficient (Wildman–Crippen LogP) is 0.804.